The van der Waals surface area contributed by atoms with Crippen molar-refractivity contribution >= 4 is 12.0 Å². The summed E-state index contributed by atoms with van der Waals surface area (Å²) in [6.07, 6.45) is 0.747. The zero-order valence-electron chi connectivity index (χ0n) is 9.59. The van der Waals surface area contributed by atoms with Gasteiger partial charge in [-0.25, -0.2) is 9.59 Å². The summed E-state index contributed by atoms with van der Waals surface area (Å²) in [5.74, 6) is -1.14. The standard InChI is InChI=1S/C10H18N2O5/c13-5-2-8(9(14)15)11-10(16)12-3-1-6-17-7-4-12/h8,13H,1-7H2,(H,11,16)(H,14,15)/t8-/m1/s1. The minimum atomic E-state index is -1.14. The molecule has 0 aromatic rings. The predicted octanol–water partition coefficient (Wildman–Crippen LogP) is -0.746. The van der Waals surface area contributed by atoms with Gasteiger partial charge < -0.3 is 25.2 Å². The van der Waals surface area contributed by atoms with Crippen LogP contribution in [0.1, 0.15) is 12.8 Å². The second-order valence-corrected chi connectivity index (χ2v) is 3.81. The maximum Gasteiger partial charge on any atom is 0.326 e. The summed E-state index contributed by atoms with van der Waals surface area (Å²) in [6.45, 7) is 1.81. The van der Waals surface area contributed by atoms with Crippen LogP contribution in [0.15, 0.2) is 0 Å². The molecule has 3 N–H and O–H groups in total. The van der Waals surface area contributed by atoms with Crippen LogP contribution in [0.4, 0.5) is 4.79 Å². The van der Waals surface area contributed by atoms with E-state index in [0.29, 0.717) is 26.3 Å². The molecular weight excluding hydrogens is 228 g/mol. The van der Waals surface area contributed by atoms with E-state index in [4.69, 9.17) is 14.9 Å². The maximum atomic E-state index is 11.8. The number of carbonyl (C=O) groups is 2. The molecule has 1 rings (SSSR count). The Morgan fingerprint density at radius 1 is 1.35 bits per heavy atom. The number of ether oxygens (including phenoxy) is 1. The Bertz CT molecular complexity index is 263. The number of aliphatic hydroxyl groups is 1. The van der Waals surface area contributed by atoms with Crippen LogP contribution in [-0.4, -0.2) is 66.1 Å². The Kier molecular flexibility index (Phi) is 5.71. The number of aliphatic carboxylic acids is 1. The molecule has 1 aliphatic rings. The molecule has 0 bridgehead atoms. The second-order valence-electron chi connectivity index (χ2n) is 3.81. The van der Waals surface area contributed by atoms with Crippen molar-refractivity contribution in [2.75, 3.05) is 32.9 Å². The molecule has 0 saturated carbocycles. The van der Waals surface area contributed by atoms with Crippen LogP contribution >= 0.6 is 0 Å². The summed E-state index contributed by atoms with van der Waals surface area (Å²) >= 11 is 0. The third-order valence-corrected chi connectivity index (χ3v) is 2.52. The molecule has 0 aromatic heterocycles. The fraction of sp³-hybridized carbons (Fsp3) is 0.800. The van der Waals surface area contributed by atoms with Crippen LogP contribution in [0.5, 0.6) is 0 Å². The molecule has 0 aromatic carbocycles. The molecule has 7 nitrogen and oxygen atoms in total. The molecule has 1 fully saturated rings. The maximum absolute atomic E-state index is 11.8. The average Bonchev–Trinajstić information content (AvgIpc) is 2.56. The number of carboxylic acid groups (broad SMARTS) is 1. The number of carboxylic acids is 1. The van der Waals surface area contributed by atoms with Gasteiger partial charge in [-0.2, -0.15) is 0 Å². The average molecular weight is 246 g/mol. The molecule has 0 aliphatic carbocycles. The predicted molar refractivity (Wildman–Crippen MR) is 58.7 cm³/mol. The Hall–Kier alpha value is -1.34. The molecule has 1 heterocycles. The highest BCUT2D eigenvalue weighted by Gasteiger charge is 2.23. The number of rotatable bonds is 4. The van der Waals surface area contributed by atoms with E-state index in [1.54, 1.807) is 0 Å². The summed E-state index contributed by atoms with van der Waals surface area (Å²) in [7, 11) is 0. The Balaban J connectivity index is 2.47. The summed E-state index contributed by atoms with van der Waals surface area (Å²) in [4.78, 5) is 24.1. The van der Waals surface area contributed by atoms with E-state index in [-0.39, 0.29) is 13.0 Å². The summed E-state index contributed by atoms with van der Waals surface area (Å²) in [5.41, 5.74) is 0. The Morgan fingerprint density at radius 3 is 2.76 bits per heavy atom. The number of urea groups is 1. The van der Waals surface area contributed by atoms with Gasteiger partial charge in [0.05, 0.1) is 6.61 Å². The van der Waals surface area contributed by atoms with E-state index in [2.05, 4.69) is 5.32 Å². The lowest BCUT2D eigenvalue weighted by molar-refractivity contribution is -0.139. The van der Waals surface area contributed by atoms with Crippen LogP contribution < -0.4 is 5.32 Å². The van der Waals surface area contributed by atoms with E-state index < -0.39 is 18.0 Å². The van der Waals surface area contributed by atoms with Crippen LogP contribution in [0.25, 0.3) is 0 Å². The minimum Gasteiger partial charge on any atom is -0.480 e. The molecule has 2 amide bonds. The van der Waals surface area contributed by atoms with Gasteiger partial charge in [-0.15, -0.1) is 0 Å². The summed E-state index contributed by atoms with van der Waals surface area (Å²) in [6, 6.07) is -1.46. The molecule has 17 heavy (non-hydrogen) atoms. The molecule has 0 unspecified atom stereocenters. The number of aliphatic hydroxyl groups excluding tert-OH is 1. The molecule has 98 valence electrons. The third-order valence-electron chi connectivity index (χ3n) is 2.52. The molecule has 7 heteroatoms. The highest BCUT2D eigenvalue weighted by molar-refractivity contribution is 5.82. The largest absolute Gasteiger partial charge is 0.480 e. The van der Waals surface area contributed by atoms with Crippen LogP contribution in [0.2, 0.25) is 0 Å². The van der Waals surface area contributed by atoms with Gasteiger partial charge in [0.2, 0.25) is 0 Å². The molecular formula is C10H18N2O5. The quantitative estimate of drug-likeness (QED) is 0.606. The number of nitrogens with one attached hydrogen (secondary N) is 1. The molecule has 1 atom stereocenters. The zero-order chi connectivity index (χ0) is 12.7. The van der Waals surface area contributed by atoms with Crippen molar-refractivity contribution in [3.05, 3.63) is 0 Å². The Morgan fingerprint density at radius 2 is 2.12 bits per heavy atom. The first-order valence-corrected chi connectivity index (χ1v) is 5.62. The number of amides is 2. The van der Waals surface area contributed by atoms with Crippen LogP contribution in [0.3, 0.4) is 0 Å². The lowest BCUT2D eigenvalue weighted by Gasteiger charge is -2.22. The summed E-state index contributed by atoms with van der Waals surface area (Å²) in [5, 5.41) is 19.9. The monoisotopic (exact) mass is 246 g/mol. The first-order chi connectivity index (χ1) is 8.15. The molecule has 1 aliphatic heterocycles. The minimum absolute atomic E-state index is 0.00537. The van der Waals surface area contributed by atoms with Gasteiger partial charge in [-0.3, -0.25) is 0 Å². The van der Waals surface area contributed by atoms with Crippen molar-refractivity contribution in [3.63, 3.8) is 0 Å². The van der Waals surface area contributed by atoms with Crippen molar-refractivity contribution in [2.45, 2.75) is 18.9 Å². The van der Waals surface area contributed by atoms with E-state index in [0.717, 1.165) is 6.42 Å². The smallest absolute Gasteiger partial charge is 0.326 e. The molecule has 1 saturated heterocycles. The fourth-order valence-electron chi connectivity index (χ4n) is 1.58. The first-order valence-electron chi connectivity index (χ1n) is 5.62. The zero-order valence-corrected chi connectivity index (χ0v) is 9.59. The van der Waals surface area contributed by atoms with E-state index in [9.17, 15) is 9.59 Å². The van der Waals surface area contributed by atoms with Gasteiger partial charge in [-0.1, -0.05) is 0 Å². The number of hydrogen-bond donors (Lipinski definition) is 3. The van der Waals surface area contributed by atoms with Gasteiger partial charge in [0, 0.05) is 32.7 Å². The van der Waals surface area contributed by atoms with Gasteiger partial charge in [0.15, 0.2) is 0 Å². The third kappa shape index (κ3) is 4.58. The van der Waals surface area contributed by atoms with Gasteiger partial charge in [0.25, 0.3) is 0 Å². The highest BCUT2D eigenvalue weighted by Crippen LogP contribution is 2.01. The van der Waals surface area contributed by atoms with E-state index >= 15 is 0 Å². The number of nitrogens with zero attached hydrogens (tertiary/aromatic N) is 1. The Labute approximate surface area is 99.4 Å². The van der Waals surface area contributed by atoms with E-state index in [1.807, 2.05) is 0 Å². The molecule has 0 spiro atoms. The van der Waals surface area contributed by atoms with Gasteiger partial charge in [-0.05, 0) is 6.42 Å². The van der Waals surface area contributed by atoms with Crippen molar-refractivity contribution in [1.29, 1.82) is 0 Å². The summed E-state index contributed by atoms with van der Waals surface area (Å²) < 4.78 is 5.20. The topological polar surface area (TPSA) is 99.1 Å². The van der Waals surface area contributed by atoms with Crippen molar-refractivity contribution in [2.24, 2.45) is 0 Å². The number of carbonyl (C=O) groups excluding carboxylic acids is 1. The number of hydrogen-bond acceptors (Lipinski definition) is 4. The first kappa shape index (κ1) is 13.7. The molecule has 0 radical (unpaired) electrons. The highest BCUT2D eigenvalue weighted by atomic mass is 16.5. The second kappa shape index (κ2) is 7.08. The van der Waals surface area contributed by atoms with Gasteiger partial charge >= 0.3 is 12.0 Å². The van der Waals surface area contributed by atoms with Crippen LogP contribution in [-0.2, 0) is 9.53 Å². The van der Waals surface area contributed by atoms with Crippen molar-refractivity contribution in [3.8, 4) is 0 Å². The SMILES string of the molecule is O=C(O)[C@@H](CCO)NC(=O)N1CCCOCC1. The van der Waals surface area contributed by atoms with Crippen LogP contribution in [0, 0.1) is 0 Å². The lowest BCUT2D eigenvalue weighted by Crippen LogP contribution is -2.49. The van der Waals surface area contributed by atoms with Crippen molar-refractivity contribution < 1.29 is 24.5 Å². The fourth-order valence-corrected chi connectivity index (χ4v) is 1.58. The van der Waals surface area contributed by atoms with E-state index in [1.165, 1.54) is 4.90 Å². The lowest BCUT2D eigenvalue weighted by atomic mass is 10.2. The van der Waals surface area contributed by atoms with Crippen molar-refractivity contribution in [1.82, 2.24) is 10.2 Å². The normalized spacial score (nSPS) is 18.3. The van der Waals surface area contributed by atoms with Gasteiger partial charge in [0.1, 0.15) is 6.04 Å².